The first-order valence-electron chi connectivity index (χ1n) is 17.3. The number of aromatic nitrogens is 5. The van der Waals surface area contributed by atoms with Gasteiger partial charge in [-0.15, -0.1) is 0 Å². The summed E-state index contributed by atoms with van der Waals surface area (Å²) in [7, 11) is 5.71. The van der Waals surface area contributed by atoms with Crippen LogP contribution in [0.15, 0.2) is 85.5 Å². The van der Waals surface area contributed by atoms with E-state index in [-0.39, 0.29) is 29.8 Å². The zero-order valence-corrected chi connectivity index (χ0v) is 29.0. The van der Waals surface area contributed by atoms with Crippen LogP contribution in [0.1, 0.15) is 53.2 Å². The van der Waals surface area contributed by atoms with Crippen molar-refractivity contribution in [3.8, 4) is 22.4 Å². The minimum Gasteiger partial charge on any atom is -0.376 e. The number of nitrogens with one attached hydrogen (secondary N) is 2. The van der Waals surface area contributed by atoms with E-state index >= 15 is 0 Å². The van der Waals surface area contributed by atoms with Gasteiger partial charge in [0.15, 0.2) is 0 Å². The van der Waals surface area contributed by atoms with Crippen molar-refractivity contribution in [3.63, 3.8) is 0 Å². The van der Waals surface area contributed by atoms with Crippen LogP contribution >= 0.6 is 0 Å². The molecule has 4 heterocycles. The van der Waals surface area contributed by atoms with Gasteiger partial charge in [0, 0.05) is 69.4 Å². The lowest BCUT2D eigenvalue weighted by Crippen LogP contribution is -2.48. The predicted octanol–water partition coefficient (Wildman–Crippen LogP) is 5.74. The molecule has 11 heteroatoms. The SMILES string of the molecule is Cc1cnn(C)c1-c1ccc(NC(=O)[C@@H](NC(=O)c2ccnn2C)[C@@H](c2cccc(-c3cncc(N(C)C[C@@H]4CCCO4)c3)c2)C2CC2)cc1. The third-order valence-corrected chi connectivity index (χ3v) is 9.93. The van der Waals surface area contributed by atoms with Crippen LogP contribution < -0.4 is 15.5 Å². The van der Waals surface area contributed by atoms with Crippen molar-refractivity contribution in [2.45, 2.75) is 50.7 Å². The summed E-state index contributed by atoms with van der Waals surface area (Å²) in [6.07, 6.45) is 11.5. The van der Waals surface area contributed by atoms with Gasteiger partial charge in [0.05, 0.1) is 29.9 Å². The number of aryl methyl sites for hydroxylation is 3. The fraction of sp³-hybridized carbons (Fsp3) is 0.359. The van der Waals surface area contributed by atoms with Crippen molar-refractivity contribution in [3.05, 3.63) is 102 Å². The first kappa shape index (κ1) is 33.2. The molecular formula is C39H44N8O3. The van der Waals surface area contributed by atoms with Crippen LogP contribution in [0, 0.1) is 12.8 Å². The molecule has 5 aromatic rings. The Morgan fingerprint density at radius 1 is 0.940 bits per heavy atom. The molecule has 0 unspecified atom stereocenters. The fourth-order valence-electron chi connectivity index (χ4n) is 7.13. The van der Waals surface area contributed by atoms with E-state index in [1.54, 1.807) is 19.3 Å². The molecule has 1 saturated heterocycles. The van der Waals surface area contributed by atoms with Crippen LogP contribution in [-0.4, -0.2) is 68.7 Å². The Kier molecular flexibility index (Phi) is 9.49. The van der Waals surface area contributed by atoms with E-state index in [1.165, 1.54) is 4.68 Å². The van der Waals surface area contributed by atoms with Gasteiger partial charge in [-0.05, 0) is 79.5 Å². The minimum absolute atomic E-state index is 0.235. The molecule has 2 N–H and O–H groups in total. The number of anilines is 2. The molecule has 1 aliphatic carbocycles. The van der Waals surface area contributed by atoms with Gasteiger partial charge >= 0.3 is 0 Å². The van der Waals surface area contributed by atoms with Crippen LogP contribution in [0.5, 0.6) is 0 Å². The van der Waals surface area contributed by atoms with E-state index in [2.05, 4.69) is 62.0 Å². The number of amides is 2. The molecule has 2 aromatic carbocycles. The Labute approximate surface area is 292 Å². The lowest BCUT2D eigenvalue weighted by atomic mass is 9.85. The lowest BCUT2D eigenvalue weighted by molar-refractivity contribution is -0.118. The topological polar surface area (TPSA) is 119 Å². The summed E-state index contributed by atoms with van der Waals surface area (Å²) in [5.41, 5.74) is 8.15. The highest BCUT2D eigenvalue weighted by Crippen LogP contribution is 2.45. The summed E-state index contributed by atoms with van der Waals surface area (Å²) in [6.45, 7) is 3.66. The third-order valence-electron chi connectivity index (χ3n) is 9.93. The summed E-state index contributed by atoms with van der Waals surface area (Å²) < 4.78 is 9.23. The molecule has 11 nitrogen and oxygen atoms in total. The Morgan fingerprint density at radius 2 is 1.76 bits per heavy atom. The first-order chi connectivity index (χ1) is 24.2. The molecule has 0 spiro atoms. The summed E-state index contributed by atoms with van der Waals surface area (Å²) in [4.78, 5) is 34.7. The second kappa shape index (κ2) is 14.3. The standard InChI is InChI=1S/C39H44N8O3/c1-25-21-42-47(4)37(25)27-12-14-31(15-13-27)43-39(49)36(44-38(48)34-16-17-41-46(34)3)35(26-10-11-26)29-8-5-7-28(19-29)30-20-32(23-40-22-30)45(2)24-33-9-6-18-50-33/h5,7-8,12-17,19-23,26,33,35-36H,6,9-11,18,24H2,1-4H3,(H,43,49)(H,44,48)/t33-,35+,36-/m0/s1. The second-order valence-electron chi connectivity index (χ2n) is 13.6. The van der Waals surface area contributed by atoms with E-state index < -0.39 is 6.04 Å². The average Bonchev–Trinajstić information content (AvgIpc) is 3.45. The smallest absolute Gasteiger partial charge is 0.270 e. The maximum atomic E-state index is 14.3. The van der Waals surface area contributed by atoms with Crippen molar-refractivity contribution in [2.75, 3.05) is 30.4 Å². The van der Waals surface area contributed by atoms with Crippen LogP contribution in [0.3, 0.4) is 0 Å². The number of rotatable bonds is 12. The molecular weight excluding hydrogens is 628 g/mol. The average molecular weight is 673 g/mol. The number of likely N-dealkylation sites (N-methyl/N-ethyl adjacent to an activating group) is 1. The zero-order valence-electron chi connectivity index (χ0n) is 29.0. The van der Waals surface area contributed by atoms with Gasteiger partial charge in [0.1, 0.15) is 11.7 Å². The molecule has 3 atom stereocenters. The van der Waals surface area contributed by atoms with Crippen molar-refractivity contribution in [2.24, 2.45) is 20.0 Å². The number of benzene rings is 2. The quantitative estimate of drug-likeness (QED) is 0.174. The van der Waals surface area contributed by atoms with Gasteiger partial charge in [0.2, 0.25) is 5.91 Å². The molecule has 1 aliphatic heterocycles. The molecule has 0 bridgehead atoms. The Bertz CT molecular complexity index is 1950. The van der Waals surface area contributed by atoms with E-state index in [0.717, 1.165) is 78.0 Å². The predicted molar refractivity (Wildman–Crippen MR) is 194 cm³/mol. The fourth-order valence-corrected chi connectivity index (χ4v) is 7.13. The normalized spacial score (nSPS) is 16.9. The Balaban J connectivity index is 1.17. The molecule has 7 rings (SSSR count). The zero-order chi connectivity index (χ0) is 34.8. The Morgan fingerprint density at radius 3 is 2.44 bits per heavy atom. The van der Waals surface area contributed by atoms with E-state index in [1.807, 2.05) is 67.6 Å². The summed E-state index contributed by atoms with van der Waals surface area (Å²) in [5.74, 6) is -0.626. The molecule has 1 saturated carbocycles. The number of hydrogen-bond acceptors (Lipinski definition) is 7. The van der Waals surface area contributed by atoms with Crippen molar-refractivity contribution < 1.29 is 14.3 Å². The van der Waals surface area contributed by atoms with Crippen molar-refractivity contribution in [1.29, 1.82) is 0 Å². The highest BCUT2D eigenvalue weighted by molar-refractivity contribution is 6.01. The molecule has 0 radical (unpaired) electrons. The van der Waals surface area contributed by atoms with Gasteiger partial charge in [0.25, 0.3) is 5.91 Å². The van der Waals surface area contributed by atoms with Gasteiger partial charge in [-0.25, -0.2) is 0 Å². The van der Waals surface area contributed by atoms with Crippen LogP contribution in [0.2, 0.25) is 0 Å². The summed E-state index contributed by atoms with van der Waals surface area (Å²) >= 11 is 0. The van der Waals surface area contributed by atoms with E-state index in [4.69, 9.17) is 4.74 Å². The number of carbonyl (C=O) groups is 2. The summed E-state index contributed by atoms with van der Waals surface area (Å²) in [6, 6.07) is 19.0. The van der Waals surface area contributed by atoms with Gasteiger partial charge in [-0.2, -0.15) is 10.2 Å². The second-order valence-corrected chi connectivity index (χ2v) is 13.6. The highest BCUT2D eigenvalue weighted by Gasteiger charge is 2.42. The van der Waals surface area contributed by atoms with Gasteiger partial charge < -0.3 is 20.3 Å². The first-order valence-corrected chi connectivity index (χ1v) is 17.3. The molecule has 2 aliphatic rings. The number of carbonyl (C=O) groups excluding carboxylic acids is 2. The molecule has 258 valence electrons. The largest absolute Gasteiger partial charge is 0.376 e. The summed E-state index contributed by atoms with van der Waals surface area (Å²) in [5, 5.41) is 14.8. The Hall–Kier alpha value is -5.29. The number of hydrogen-bond donors (Lipinski definition) is 2. The van der Waals surface area contributed by atoms with Crippen LogP contribution in [0.4, 0.5) is 11.4 Å². The molecule has 2 amide bonds. The number of ether oxygens (including phenoxy) is 1. The number of nitrogens with zero attached hydrogens (tertiary/aromatic N) is 6. The maximum absolute atomic E-state index is 14.3. The van der Waals surface area contributed by atoms with Crippen LogP contribution in [-0.2, 0) is 23.6 Å². The number of pyridine rings is 1. The monoisotopic (exact) mass is 672 g/mol. The van der Waals surface area contributed by atoms with Crippen molar-refractivity contribution in [1.82, 2.24) is 29.9 Å². The third kappa shape index (κ3) is 7.18. The van der Waals surface area contributed by atoms with Gasteiger partial charge in [-0.1, -0.05) is 36.4 Å². The highest BCUT2D eigenvalue weighted by atomic mass is 16.5. The van der Waals surface area contributed by atoms with Crippen molar-refractivity contribution >= 4 is 23.2 Å². The molecule has 3 aromatic heterocycles. The lowest BCUT2D eigenvalue weighted by Gasteiger charge is -2.28. The van der Waals surface area contributed by atoms with E-state index in [9.17, 15) is 9.59 Å². The van der Waals surface area contributed by atoms with Crippen LogP contribution in [0.25, 0.3) is 22.4 Å². The minimum atomic E-state index is -0.832. The molecule has 50 heavy (non-hydrogen) atoms. The maximum Gasteiger partial charge on any atom is 0.270 e. The van der Waals surface area contributed by atoms with E-state index in [0.29, 0.717) is 11.4 Å². The van der Waals surface area contributed by atoms with Gasteiger partial charge in [-0.3, -0.25) is 23.9 Å². The molecule has 2 fully saturated rings.